The molecule has 20 heavy (non-hydrogen) atoms. The molecule has 0 unspecified atom stereocenters. The van der Waals surface area contributed by atoms with E-state index in [1.54, 1.807) is 16.9 Å². The fraction of sp³-hybridized carbons (Fsp3) is 0.286. The molecular weight excluding hydrogens is 258 g/mol. The van der Waals surface area contributed by atoms with Crippen LogP contribution in [0.25, 0.3) is 0 Å². The summed E-state index contributed by atoms with van der Waals surface area (Å²) in [6.07, 6.45) is 1.71. The first-order chi connectivity index (χ1) is 9.52. The summed E-state index contributed by atoms with van der Waals surface area (Å²) in [5, 5.41) is 16.7. The number of aromatic nitrogens is 2. The molecular formula is C14H17N3O3. The molecule has 1 aromatic carbocycles. The summed E-state index contributed by atoms with van der Waals surface area (Å²) in [6.45, 7) is 2.29. The number of hydrogen-bond donors (Lipinski definition) is 2. The van der Waals surface area contributed by atoms with Gasteiger partial charge >= 0.3 is 0 Å². The van der Waals surface area contributed by atoms with Crippen molar-refractivity contribution < 1.29 is 14.6 Å². The van der Waals surface area contributed by atoms with E-state index in [1.165, 1.54) is 19.2 Å². The molecule has 6 nitrogen and oxygen atoms in total. The highest BCUT2D eigenvalue weighted by molar-refractivity contribution is 5.96. The topological polar surface area (TPSA) is 76.4 Å². The lowest BCUT2D eigenvalue weighted by Gasteiger charge is -2.08. The van der Waals surface area contributed by atoms with E-state index in [9.17, 15) is 9.90 Å². The highest BCUT2D eigenvalue weighted by Gasteiger charge is 2.12. The van der Waals surface area contributed by atoms with Gasteiger partial charge in [-0.2, -0.15) is 5.10 Å². The minimum atomic E-state index is -0.339. The van der Waals surface area contributed by atoms with Crippen LogP contribution in [0.2, 0.25) is 0 Å². The molecule has 0 aliphatic rings. The lowest BCUT2D eigenvalue weighted by Crippen LogP contribution is -2.23. The van der Waals surface area contributed by atoms with Crippen LogP contribution in [-0.2, 0) is 13.6 Å². The number of carbonyl (C=O) groups is 1. The molecule has 0 saturated carbocycles. The Balaban J connectivity index is 2.07. The van der Waals surface area contributed by atoms with Crippen molar-refractivity contribution in [2.75, 3.05) is 7.11 Å². The van der Waals surface area contributed by atoms with Crippen LogP contribution in [-0.4, -0.2) is 27.9 Å². The molecule has 6 heteroatoms. The van der Waals surface area contributed by atoms with Gasteiger partial charge in [-0.15, -0.1) is 0 Å². The number of hydrogen-bond acceptors (Lipinski definition) is 4. The summed E-state index contributed by atoms with van der Waals surface area (Å²) in [5.74, 6) is 0.0559. The van der Waals surface area contributed by atoms with Gasteiger partial charge < -0.3 is 15.2 Å². The van der Waals surface area contributed by atoms with Crippen LogP contribution in [0.5, 0.6) is 11.5 Å². The number of phenolic OH excluding ortho intramolecular Hbond substituents is 1. The number of carbonyl (C=O) groups excluding carboxylic acids is 1. The third-order valence-electron chi connectivity index (χ3n) is 3.23. The van der Waals surface area contributed by atoms with Crippen LogP contribution >= 0.6 is 0 Å². The molecule has 0 aliphatic heterocycles. The Bertz CT molecular complexity index is 635. The van der Waals surface area contributed by atoms with E-state index in [4.69, 9.17) is 4.74 Å². The number of aromatic hydroxyl groups is 1. The monoisotopic (exact) mass is 275 g/mol. The zero-order valence-electron chi connectivity index (χ0n) is 11.7. The van der Waals surface area contributed by atoms with Gasteiger partial charge in [0.05, 0.1) is 18.9 Å². The first kappa shape index (κ1) is 13.9. The normalized spacial score (nSPS) is 10.3. The lowest BCUT2D eigenvalue weighted by molar-refractivity contribution is 0.0948. The Morgan fingerprint density at radius 3 is 2.80 bits per heavy atom. The van der Waals surface area contributed by atoms with Gasteiger partial charge in [0.2, 0.25) is 0 Å². The van der Waals surface area contributed by atoms with Crippen LogP contribution in [0.4, 0.5) is 0 Å². The molecule has 0 spiro atoms. The standard InChI is InChI=1S/C14H17N3O3/c1-9-10(8-16-17(9)2)7-15-14(19)12-5-4-11(20-3)6-13(12)18/h4-6,8,18H,7H2,1-3H3,(H,15,19). The second kappa shape index (κ2) is 5.64. The third kappa shape index (κ3) is 2.74. The van der Waals surface area contributed by atoms with E-state index in [0.717, 1.165) is 11.3 Å². The van der Waals surface area contributed by atoms with E-state index >= 15 is 0 Å². The first-order valence-electron chi connectivity index (χ1n) is 6.15. The van der Waals surface area contributed by atoms with Crippen molar-refractivity contribution in [1.82, 2.24) is 15.1 Å². The van der Waals surface area contributed by atoms with Crippen LogP contribution in [0.1, 0.15) is 21.6 Å². The molecule has 2 aromatic rings. The zero-order valence-corrected chi connectivity index (χ0v) is 11.7. The second-order valence-corrected chi connectivity index (χ2v) is 4.44. The number of nitrogens with one attached hydrogen (secondary N) is 1. The van der Waals surface area contributed by atoms with Crippen molar-refractivity contribution in [1.29, 1.82) is 0 Å². The van der Waals surface area contributed by atoms with Crippen molar-refractivity contribution in [3.63, 3.8) is 0 Å². The molecule has 1 heterocycles. The number of amides is 1. The minimum Gasteiger partial charge on any atom is -0.507 e. The number of benzene rings is 1. The highest BCUT2D eigenvalue weighted by Crippen LogP contribution is 2.23. The zero-order chi connectivity index (χ0) is 14.7. The highest BCUT2D eigenvalue weighted by atomic mass is 16.5. The summed E-state index contributed by atoms with van der Waals surface area (Å²) < 4.78 is 6.72. The van der Waals surface area contributed by atoms with Crippen LogP contribution < -0.4 is 10.1 Å². The molecule has 0 bridgehead atoms. The van der Waals surface area contributed by atoms with Crippen LogP contribution in [0.15, 0.2) is 24.4 Å². The maximum atomic E-state index is 12.0. The Hall–Kier alpha value is -2.50. The predicted octanol–water partition coefficient (Wildman–Crippen LogP) is 1.37. The Morgan fingerprint density at radius 2 is 2.25 bits per heavy atom. The third-order valence-corrected chi connectivity index (χ3v) is 3.23. The largest absolute Gasteiger partial charge is 0.507 e. The van der Waals surface area contributed by atoms with E-state index in [2.05, 4.69) is 10.4 Å². The SMILES string of the molecule is COc1ccc(C(=O)NCc2cnn(C)c2C)c(O)c1. The fourth-order valence-electron chi connectivity index (χ4n) is 1.82. The molecule has 0 fully saturated rings. The van der Waals surface area contributed by atoms with E-state index < -0.39 is 0 Å². The summed E-state index contributed by atoms with van der Waals surface area (Å²) >= 11 is 0. The van der Waals surface area contributed by atoms with E-state index in [0.29, 0.717) is 12.3 Å². The summed E-state index contributed by atoms with van der Waals surface area (Å²) in [6, 6.07) is 4.56. The number of methoxy groups -OCH3 is 1. The molecule has 0 atom stereocenters. The van der Waals surface area contributed by atoms with Gasteiger partial charge in [-0.05, 0) is 19.1 Å². The molecule has 0 radical (unpaired) electrons. The van der Waals surface area contributed by atoms with Crippen molar-refractivity contribution >= 4 is 5.91 Å². The number of ether oxygens (including phenoxy) is 1. The number of rotatable bonds is 4. The Kier molecular flexibility index (Phi) is 3.93. The molecule has 106 valence electrons. The number of aryl methyl sites for hydroxylation is 1. The Morgan fingerprint density at radius 1 is 1.50 bits per heavy atom. The maximum absolute atomic E-state index is 12.0. The average Bonchev–Trinajstić information content (AvgIpc) is 2.76. The van der Waals surface area contributed by atoms with Crippen LogP contribution in [0, 0.1) is 6.92 Å². The van der Waals surface area contributed by atoms with E-state index in [1.807, 2.05) is 14.0 Å². The van der Waals surface area contributed by atoms with Crippen LogP contribution in [0.3, 0.4) is 0 Å². The quantitative estimate of drug-likeness (QED) is 0.883. The van der Waals surface area contributed by atoms with E-state index in [-0.39, 0.29) is 17.2 Å². The van der Waals surface area contributed by atoms with Crippen molar-refractivity contribution in [2.45, 2.75) is 13.5 Å². The minimum absolute atomic E-state index is 0.107. The average molecular weight is 275 g/mol. The van der Waals surface area contributed by atoms with Crippen molar-refractivity contribution in [3.05, 3.63) is 41.2 Å². The second-order valence-electron chi connectivity index (χ2n) is 4.44. The van der Waals surface area contributed by atoms with Gasteiger partial charge in [-0.1, -0.05) is 0 Å². The summed E-state index contributed by atoms with van der Waals surface area (Å²) in [7, 11) is 3.34. The Labute approximate surface area is 117 Å². The van der Waals surface area contributed by atoms with Gasteiger partial charge in [0.25, 0.3) is 5.91 Å². The lowest BCUT2D eigenvalue weighted by atomic mass is 10.1. The van der Waals surface area contributed by atoms with Crippen molar-refractivity contribution in [3.8, 4) is 11.5 Å². The van der Waals surface area contributed by atoms with Gasteiger partial charge in [0.1, 0.15) is 11.5 Å². The molecule has 0 aliphatic carbocycles. The summed E-state index contributed by atoms with van der Waals surface area (Å²) in [5.41, 5.74) is 2.14. The number of phenols is 1. The van der Waals surface area contributed by atoms with Crippen molar-refractivity contribution in [2.24, 2.45) is 7.05 Å². The maximum Gasteiger partial charge on any atom is 0.255 e. The van der Waals surface area contributed by atoms with Gasteiger partial charge in [0, 0.05) is 30.9 Å². The molecule has 1 amide bonds. The predicted molar refractivity (Wildman–Crippen MR) is 73.8 cm³/mol. The molecule has 0 saturated heterocycles. The van der Waals surface area contributed by atoms with Gasteiger partial charge in [0.15, 0.2) is 0 Å². The summed E-state index contributed by atoms with van der Waals surface area (Å²) in [4.78, 5) is 12.0. The fourth-order valence-corrected chi connectivity index (χ4v) is 1.82. The number of nitrogens with zero attached hydrogens (tertiary/aromatic N) is 2. The van der Waals surface area contributed by atoms with Gasteiger partial charge in [-0.25, -0.2) is 0 Å². The first-order valence-corrected chi connectivity index (χ1v) is 6.15. The molecule has 2 rings (SSSR count). The molecule has 2 N–H and O–H groups in total. The van der Waals surface area contributed by atoms with Gasteiger partial charge in [-0.3, -0.25) is 9.48 Å². The molecule has 1 aromatic heterocycles. The smallest absolute Gasteiger partial charge is 0.255 e.